The summed E-state index contributed by atoms with van der Waals surface area (Å²) in [4.78, 5) is 17.0. The van der Waals surface area contributed by atoms with Crippen molar-refractivity contribution in [3.05, 3.63) is 89.7 Å². The van der Waals surface area contributed by atoms with E-state index in [0.717, 1.165) is 5.56 Å². The Morgan fingerprint density at radius 3 is 2.39 bits per heavy atom. The third-order valence-corrected chi connectivity index (χ3v) is 5.37. The zero-order chi connectivity index (χ0) is 20.0. The van der Waals surface area contributed by atoms with Gasteiger partial charge in [0.25, 0.3) is 5.91 Å². The minimum absolute atomic E-state index is 0.254. The molecule has 0 aliphatic rings. The average Bonchev–Trinajstić information content (AvgIpc) is 2.73. The number of aromatic nitrogens is 1. The molecule has 0 fully saturated rings. The molecule has 3 aromatic rings. The topological polar surface area (TPSA) is 68.3 Å². The lowest BCUT2D eigenvalue weighted by Crippen LogP contribution is -2.30. The SMILES string of the molecule is C=S(=O)(NC(=O)c1cncc(C#Cc2ccccc2)c1)c1ccc(OC)cc1. The first kappa shape index (κ1) is 19.2. The molecule has 0 spiro atoms. The van der Waals surface area contributed by atoms with Crippen molar-refractivity contribution in [2.75, 3.05) is 7.11 Å². The summed E-state index contributed by atoms with van der Waals surface area (Å²) in [6.07, 6.45) is 2.96. The van der Waals surface area contributed by atoms with Crippen LogP contribution in [0.25, 0.3) is 0 Å². The molecule has 1 unspecified atom stereocenters. The molecule has 2 aromatic carbocycles. The lowest BCUT2D eigenvalue weighted by atomic mass is 10.2. The van der Waals surface area contributed by atoms with Gasteiger partial charge in [0.2, 0.25) is 0 Å². The molecule has 140 valence electrons. The Balaban J connectivity index is 1.78. The molecule has 5 nitrogen and oxygen atoms in total. The smallest absolute Gasteiger partial charge is 0.264 e. The van der Waals surface area contributed by atoms with E-state index in [9.17, 15) is 9.00 Å². The van der Waals surface area contributed by atoms with Crippen molar-refractivity contribution in [3.63, 3.8) is 0 Å². The van der Waals surface area contributed by atoms with E-state index in [-0.39, 0.29) is 5.56 Å². The molecule has 0 aliphatic carbocycles. The first-order valence-corrected chi connectivity index (χ1v) is 10.1. The van der Waals surface area contributed by atoms with Crippen molar-refractivity contribution in [1.29, 1.82) is 0 Å². The number of hydrogen-bond donors (Lipinski definition) is 1. The van der Waals surface area contributed by atoms with Gasteiger partial charge in [0, 0.05) is 28.4 Å². The Morgan fingerprint density at radius 1 is 1.04 bits per heavy atom. The van der Waals surface area contributed by atoms with Crippen molar-refractivity contribution >= 4 is 21.5 Å². The first-order valence-electron chi connectivity index (χ1n) is 8.33. The van der Waals surface area contributed by atoms with Gasteiger partial charge >= 0.3 is 0 Å². The summed E-state index contributed by atoms with van der Waals surface area (Å²) < 4.78 is 20.4. The summed E-state index contributed by atoms with van der Waals surface area (Å²) in [7, 11) is -1.48. The van der Waals surface area contributed by atoms with E-state index < -0.39 is 15.6 Å². The van der Waals surface area contributed by atoms with Crippen molar-refractivity contribution in [2.24, 2.45) is 0 Å². The monoisotopic (exact) mass is 390 g/mol. The van der Waals surface area contributed by atoms with E-state index >= 15 is 0 Å². The molecular formula is C22H18N2O3S. The Bertz CT molecular complexity index is 1140. The molecule has 1 amide bonds. The van der Waals surface area contributed by atoms with Crippen LogP contribution in [-0.2, 0) is 9.71 Å². The van der Waals surface area contributed by atoms with Crippen molar-refractivity contribution < 1.29 is 13.7 Å². The lowest BCUT2D eigenvalue weighted by Gasteiger charge is -2.12. The number of methoxy groups -OCH3 is 1. The highest BCUT2D eigenvalue weighted by atomic mass is 32.2. The Kier molecular flexibility index (Phi) is 5.78. The van der Waals surface area contributed by atoms with Crippen LogP contribution in [0.15, 0.2) is 78.0 Å². The van der Waals surface area contributed by atoms with Crippen LogP contribution in [0.3, 0.4) is 0 Å². The zero-order valence-corrected chi connectivity index (χ0v) is 16.0. The Hall–Kier alpha value is -3.56. The zero-order valence-electron chi connectivity index (χ0n) is 15.2. The van der Waals surface area contributed by atoms with Gasteiger partial charge in [-0.2, -0.15) is 0 Å². The summed E-state index contributed by atoms with van der Waals surface area (Å²) in [5.74, 6) is 9.73. The molecule has 3 rings (SSSR count). The Labute approximate surface area is 164 Å². The molecule has 6 heteroatoms. The summed E-state index contributed by atoms with van der Waals surface area (Å²) in [6, 6.07) is 17.6. The quantitative estimate of drug-likeness (QED) is 0.549. The van der Waals surface area contributed by atoms with Crippen LogP contribution in [0, 0.1) is 11.8 Å². The van der Waals surface area contributed by atoms with Crippen LogP contribution >= 0.6 is 0 Å². The molecule has 0 aliphatic heterocycles. The minimum Gasteiger partial charge on any atom is -0.497 e. The van der Waals surface area contributed by atoms with Crippen molar-refractivity contribution in [1.82, 2.24) is 9.71 Å². The summed E-state index contributed by atoms with van der Waals surface area (Å²) in [5.41, 5.74) is 1.69. The van der Waals surface area contributed by atoms with Gasteiger partial charge in [-0.3, -0.25) is 14.5 Å². The van der Waals surface area contributed by atoms with Crippen molar-refractivity contribution in [3.8, 4) is 17.6 Å². The van der Waals surface area contributed by atoms with Gasteiger partial charge in [-0.05, 0) is 48.3 Å². The van der Waals surface area contributed by atoms with Crippen molar-refractivity contribution in [2.45, 2.75) is 4.90 Å². The second-order valence-electron chi connectivity index (χ2n) is 5.86. The van der Waals surface area contributed by atoms with E-state index in [1.807, 2.05) is 30.3 Å². The standard InChI is InChI=1S/C22H18N2O3S/c1-27-20-10-12-21(13-11-20)28(2,26)24-22(25)19-14-18(15-23-16-19)9-8-17-6-4-3-5-7-17/h3-7,10-16H,2H2,1H3,(H,24,25,26). The number of amides is 1. The molecule has 0 saturated carbocycles. The molecule has 1 heterocycles. The van der Waals surface area contributed by atoms with Crippen LogP contribution in [-0.4, -0.2) is 28.1 Å². The average molecular weight is 390 g/mol. The molecule has 0 bridgehead atoms. The molecule has 1 aromatic heterocycles. The maximum absolute atomic E-state index is 12.8. The summed E-state index contributed by atoms with van der Waals surface area (Å²) in [6.45, 7) is 0. The van der Waals surface area contributed by atoms with Crippen LogP contribution in [0.1, 0.15) is 21.5 Å². The fraction of sp³-hybridized carbons (Fsp3) is 0.0455. The normalized spacial score (nSPS) is 12.2. The number of carbonyl (C=O) groups excluding carboxylic acids is 1. The van der Waals surface area contributed by atoms with E-state index in [0.29, 0.717) is 16.2 Å². The number of nitrogens with zero attached hydrogens (tertiary/aromatic N) is 1. The number of ether oxygens (including phenoxy) is 1. The van der Waals surface area contributed by atoms with Gasteiger partial charge in [0.05, 0.1) is 22.4 Å². The predicted octanol–water partition coefficient (Wildman–Crippen LogP) is 2.91. The number of carbonyl (C=O) groups is 1. The molecular weight excluding hydrogens is 372 g/mol. The van der Waals surface area contributed by atoms with Gasteiger partial charge in [-0.1, -0.05) is 30.0 Å². The lowest BCUT2D eigenvalue weighted by molar-refractivity contribution is 0.0982. The van der Waals surface area contributed by atoms with E-state index in [1.54, 1.807) is 43.6 Å². The summed E-state index contributed by atoms with van der Waals surface area (Å²) >= 11 is 0. The van der Waals surface area contributed by atoms with Crippen LogP contribution in [0.4, 0.5) is 0 Å². The Morgan fingerprint density at radius 2 is 1.71 bits per heavy atom. The highest BCUT2D eigenvalue weighted by molar-refractivity contribution is 7.99. The molecule has 0 radical (unpaired) electrons. The van der Waals surface area contributed by atoms with Gasteiger partial charge in [-0.25, -0.2) is 4.21 Å². The molecule has 0 saturated heterocycles. The molecule has 1 N–H and O–H groups in total. The first-order chi connectivity index (χ1) is 13.5. The van der Waals surface area contributed by atoms with Gasteiger partial charge in [0.1, 0.15) is 5.75 Å². The van der Waals surface area contributed by atoms with Crippen LogP contribution in [0.2, 0.25) is 0 Å². The van der Waals surface area contributed by atoms with E-state index in [2.05, 4.69) is 27.4 Å². The molecule has 28 heavy (non-hydrogen) atoms. The maximum atomic E-state index is 12.8. The molecule has 1 atom stereocenters. The number of hydrogen-bond acceptors (Lipinski definition) is 4. The number of rotatable bonds is 4. The van der Waals surface area contributed by atoms with E-state index in [1.165, 1.54) is 6.20 Å². The van der Waals surface area contributed by atoms with E-state index in [4.69, 9.17) is 4.74 Å². The minimum atomic E-state index is -3.02. The highest BCUT2D eigenvalue weighted by Gasteiger charge is 2.14. The predicted molar refractivity (Wildman–Crippen MR) is 111 cm³/mol. The van der Waals surface area contributed by atoms with Crippen LogP contribution < -0.4 is 9.46 Å². The fourth-order valence-corrected chi connectivity index (χ4v) is 3.47. The summed E-state index contributed by atoms with van der Waals surface area (Å²) in [5, 5.41) is 0. The number of pyridine rings is 1. The second kappa shape index (κ2) is 8.42. The van der Waals surface area contributed by atoms with Gasteiger partial charge in [-0.15, -0.1) is 0 Å². The number of nitrogens with one attached hydrogen (secondary N) is 1. The fourth-order valence-electron chi connectivity index (χ4n) is 2.36. The third-order valence-electron chi connectivity index (χ3n) is 3.82. The largest absolute Gasteiger partial charge is 0.497 e. The number of benzene rings is 2. The maximum Gasteiger partial charge on any atom is 0.264 e. The van der Waals surface area contributed by atoms with Gasteiger partial charge in [0.15, 0.2) is 0 Å². The van der Waals surface area contributed by atoms with Gasteiger partial charge < -0.3 is 4.74 Å². The second-order valence-corrected chi connectivity index (χ2v) is 7.89. The third kappa shape index (κ3) is 4.78. The highest BCUT2D eigenvalue weighted by Crippen LogP contribution is 2.15. The van der Waals surface area contributed by atoms with Crippen LogP contribution in [0.5, 0.6) is 5.75 Å².